The maximum Gasteiger partial charge on any atom is 0.326 e. The lowest BCUT2D eigenvalue weighted by Gasteiger charge is -2.17. The molecule has 100 valence electrons. The Morgan fingerprint density at radius 1 is 1.29 bits per heavy atom. The number of ether oxygens (including phenoxy) is 1. The predicted octanol–water partition coefficient (Wildman–Crippen LogP) is 1.42. The molecule has 0 rings (SSSR count). The quantitative estimate of drug-likeness (QED) is 0.678. The third-order valence-electron chi connectivity index (χ3n) is 2.52. The summed E-state index contributed by atoms with van der Waals surface area (Å²) in [4.78, 5) is 22.5. The molecular weight excluding hydrogens is 222 g/mol. The lowest BCUT2D eigenvalue weighted by Crippen LogP contribution is -2.41. The molecule has 0 aliphatic heterocycles. The summed E-state index contributed by atoms with van der Waals surface area (Å²) in [5.41, 5.74) is 0. The van der Waals surface area contributed by atoms with E-state index in [1.165, 1.54) is 0 Å². The normalized spacial score (nSPS) is 14.4. The Hall–Kier alpha value is -1.10. The Morgan fingerprint density at radius 3 is 2.29 bits per heavy atom. The van der Waals surface area contributed by atoms with Gasteiger partial charge >= 0.3 is 5.97 Å². The minimum absolute atomic E-state index is 0.00845. The van der Waals surface area contributed by atoms with Crippen molar-refractivity contribution in [2.45, 2.75) is 52.2 Å². The molecule has 0 spiro atoms. The molecule has 0 saturated carbocycles. The van der Waals surface area contributed by atoms with Gasteiger partial charge in [-0.25, -0.2) is 4.79 Å². The first-order valence-electron chi connectivity index (χ1n) is 5.91. The van der Waals surface area contributed by atoms with Crippen LogP contribution in [0.25, 0.3) is 0 Å². The van der Waals surface area contributed by atoms with Crippen molar-refractivity contribution in [3.63, 3.8) is 0 Å². The molecule has 0 aromatic heterocycles. The third kappa shape index (κ3) is 7.74. The fraction of sp³-hybridized carbons (Fsp3) is 0.833. The minimum atomic E-state index is -0.980. The second-order valence-corrected chi connectivity index (χ2v) is 4.67. The fourth-order valence-electron chi connectivity index (χ4n) is 1.41. The number of carboxylic acid groups (broad SMARTS) is 1. The van der Waals surface area contributed by atoms with Gasteiger partial charge in [0.25, 0.3) is 0 Å². The van der Waals surface area contributed by atoms with Crippen molar-refractivity contribution in [3.8, 4) is 0 Å². The van der Waals surface area contributed by atoms with E-state index in [2.05, 4.69) is 5.32 Å². The summed E-state index contributed by atoms with van der Waals surface area (Å²) in [7, 11) is 1.58. The highest BCUT2D eigenvalue weighted by Gasteiger charge is 2.20. The van der Waals surface area contributed by atoms with Crippen molar-refractivity contribution in [1.29, 1.82) is 0 Å². The molecule has 2 N–H and O–H groups in total. The zero-order valence-electron chi connectivity index (χ0n) is 11.0. The fourth-order valence-corrected chi connectivity index (χ4v) is 1.41. The lowest BCUT2D eigenvalue weighted by molar-refractivity contribution is -0.142. The molecule has 0 bridgehead atoms. The van der Waals surface area contributed by atoms with Gasteiger partial charge in [-0.1, -0.05) is 13.8 Å². The average molecular weight is 245 g/mol. The van der Waals surface area contributed by atoms with Crippen molar-refractivity contribution < 1.29 is 19.4 Å². The Labute approximate surface area is 103 Å². The van der Waals surface area contributed by atoms with E-state index in [0.717, 1.165) is 0 Å². The number of methoxy groups -OCH3 is 1. The molecule has 0 aromatic carbocycles. The summed E-state index contributed by atoms with van der Waals surface area (Å²) in [5.74, 6) is -0.983. The van der Waals surface area contributed by atoms with E-state index in [0.29, 0.717) is 12.8 Å². The molecule has 17 heavy (non-hydrogen) atoms. The largest absolute Gasteiger partial charge is 0.480 e. The SMILES string of the molecule is COC(C)CCC(=O)N[C@@H](CC(C)C)C(=O)O. The van der Waals surface area contributed by atoms with E-state index in [1.54, 1.807) is 7.11 Å². The van der Waals surface area contributed by atoms with Gasteiger partial charge in [0.2, 0.25) is 5.91 Å². The first-order valence-corrected chi connectivity index (χ1v) is 5.91. The van der Waals surface area contributed by atoms with E-state index >= 15 is 0 Å². The van der Waals surface area contributed by atoms with Gasteiger partial charge < -0.3 is 15.2 Å². The highest BCUT2D eigenvalue weighted by Crippen LogP contribution is 2.06. The molecular formula is C12H23NO4. The molecule has 0 aromatic rings. The number of hydrogen-bond acceptors (Lipinski definition) is 3. The van der Waals surface area contributed by atoms with Crippen LogP contribution >= 0.6 is 0 Å². The van der Waals surface area contributed by atoms with E-state index < -0.39 is 12.0 Å². The second-order valence-electron chi connectivity index (χ2n) is 4.67. The van der Waals surface area contributed by atoms with Crippen LogP contribution in [-0.4, -0.2) is 36.2 Å². The number of rotatable bonds is 8. The Bertz CT molecular complexity index is 253. The number of amides is 1. The first kappa shape index (κ1) is 15.9. The number of carbonyl (C=O) groups excluding carboxylic acids is 1. The van der Waals surface area contributed by atoms with Crippen molar-refractivity contribution in [3.05, 3.63) is 0 Å². The van der Waals surface area contributed by atoms with Gasteiger partial charge in [-0.05, 0) is 25.7 Å². The molecule has 0 fully saturated rings. The summed E-state index contributed by atoms with van der Waals surface area (Å²) in [6.07, 6.45) is 1.34. The van der Waals surface area contributed by atoms with Crippen molar-refractivity contribution in [2.24, 2.45) is 5.92 Å². The number of aliphatic carboxylic acids is 1. The molecule has 1 amide bonds. The topological polar surface area (TPSA) is 75.6 Å². The first-order chi connectivity index (χ1) is 7.86. The van der Waals surface area contributed by atoms with E-state index in [9.17, 15) is 9.59 Å². The van der Waals surface area contributed by atoms with Gasteiger partial charge in [-0.2, -0.15) is 0 Å². The summed E-state index contributed by atoms with van der Waals surface area (Å²) >= 11 is 0. The molecule has 0 aliphatic rings. The van der Waals surface area contributed by atoms with Crippen molar-refractivity contribution in [1.82, 2.24) is 5.32 Å². The lowest BCUT2D eigenvalue weighted by atomic mass is 10.0. The zero-order chi connectivity index (χ0) is 13.4. The average Bonchev–Trinajstić information content (AvgIpc) is 2.24. The standard InChI is InChI=1S/C12H23NO4/c1-8(2)7-10(12(15)16)13-11(14)6-5-9(3)17-4/h8-10H,5-7H2,1-4H3,(H,13,14)(H,15,16)/t9?,10-/m0/s1. The van der Waals surface area contributed by atoms with Gasteiger partial charge in [0, 0.05) is 13.5 Å². The molecule has 1 unspecified atom stereocenters. The third-order valence-corrected chi connectivity index (χ3v) is 2.52. The molecule has 5 heteroatoms. The van der Waals surface area contributed by atoms with Crippen LogP contribution in [0.2, 0.25) is 0 Å². The van der Waals surface area contributed by atoms with Gasteiger partial charge in [-0.15, -0.1) is 0 Å². The van der Waals surface area contributed by atoms with Crippen LogP contribution in [0.4, 0.5) is 0 Å². The number of carbonyl (C=O) groups is 2. The molecule has 2 atom stereocenters. The molecule has 0 heterocycles. The van der Waals surface area contributed by atoms with Gasteiger partial charge in [-0.3, -0.25) is 4.79 Å². The van der Waals surface area contributed by atoms with Crippen LogP contribution in [0.15, 0.2) is 0 Å². The van der Waals surface area contributed by atoms with Gasteiger partial charge in [0.05, 0.1) is 6.10 Å². The summed E-state index contributed by atoms with van der Waals surface area (Å²) < 4.78 is 5.02. The maximum atomic E-state index is 11.5. The number of hydrogen-bond donors (Lipinski definition) is 2. The second kappa shape index (κ2) is 8.06. The van der Waals surface area contributed by atoms with Crippen LogP contribution in [-0.2, 0) is 14.3 Å². The predicted molar refractivity (Wildman–Crippen MR) is 64.7 cm³/mol. The molecule has 0 saturated heterocycles. The summed E-state index contributed by atoms with van der Waals surface area (Å²) in [5, 5.41) is 11.5. The highest BCUT2D eigenvalue weighted by molar-refractivity contribution is 5.83. The van der Waals surface area contributed by atoms with Crippen LogP contribution in [0, 0.1) is 5.92 Å². The Balaban J connectivity index is 4.08. The smallest absolute Gasteiger partial charge is 0.326 e. The Morgan fingerprint density at radius 2 is 1.88 bits per heavy atom. The highest BCUT2D eigenvalue weighted by atomic mass is 16.5. The van der Waals surface area contributed by atoms with E-state index in [1.807, 2.05) is 20.8 Å². The van der Waals surface area contributed by atoms with Crippen LogP contribution in [0.1, 0.15) is 40.0 Å². The number of carboxylic acids is 1. The maximum absolute atomic E-state index is 11.5. The van der Waals surface area contributed by atoms with E-state index in [-0.39, 0.29) is 24.3 Å². The zero-order valence-corrected chi connectivity index (χ0v) is 11.0. The van der Waals surface area contributed by atoms with Crippen LogP contribution in [0.3, 0.4) is 0 Å². The Kier molecular flexibility index (Phi) is 7.54. The van der Waals surface area contributed by atoms with Crippen molar-refractivity contribution >= 4 is 11.9 Å². The molecule has 0 aliphatic carbocycles. The summed E-state index contributed by atoms with van der Waals surface area (Å²) in [6, 6.07) is -0.791. The van der Waals surface area contributed by atoms with Gasteiger partial charge in [0.15, 0.2) is 0 Å². The molecule has 0 radical (unpaired) electrons. The van der Waals surface area contributed by atoms with E-state index in [4.69, 9.17) is 9.84 Å². The minimum Gasteiger partial charge on any atom is -0.480 e. The number of nitrogens with one attached hydrogen (secondary N) is 1. The van der Waals surface area contributed by atoms with Gasteiger partial charge in [0.1, 0.15) is 6.04 Å². The van der Waals surface area contributed by atoms with Crippen molar-refractivity contribution in [2.75, 3.05) is 7.11 Å². The van der Waals surface area contributed by atoms with Crippen LogP contribution in [0.5, 0.6) is 0 Å². The van der Waals surface area contributed by atoms with Crippen LogP contribution < -0.4 is 5.32 Å². The summed E-state index contributed by atoms with van der Waals surface area (Å²) in [6.45, 7) is 5.72. The molecule has 5 nitrogen and oxygen atoms in total. The monoisotopic (exact) mass is 245 g/mol.